The van der Waals surface area contributed by atoms with Crippen molar-refractivity contribution in [2.75, 3.05) is 5.32 Å². The zero-order valence-corrected chi connectivity index (χ0v) is 12.6. The SMILES string of the molecule is CCCCC(Nc1cc(F)ccc1Cl)c1ccc(F)cc1. The number of benzene rings is 2. The smallest absolute Gasteiger partial charge is 0.125 e. The highest BCUT2D eigenvalue weighted by atomic mass is 35.5. The van der Waals surface area contributed by atoms with Gasteiger partial charge in [0, 0.05) is 0 Å². The van der Waals surface area contributed by atoms with Gasteiger partial charge in [-0.15, -0.1) is 0 Å². The van der Waals surface area contributed by atoms with Crippen LogP contribution in [0.4, 0.5) is 14.5 Å². The van der Waals surface area contributed by atoms with Gasteiger partial charge in [-0.05, 0) is 42.3 Å². The molecular formula is C17H18ClF2N. The van der Waals surface area contributed by atoms with E-state index in [0.717, 1.165) is 24.8 Å². The van der Waals surface area contributed by atoms with E-state index in [9.17, 15) is 8.78 Å². The molecule has 112 valence electrons. The molecule has 0 heterocycles. The maximum Gasteiger partial charge on any atom is 0.125 e. The molecule has 2 aromatic rings. The molecule has 0 bridgehead atoms. The molecule has 0 amide bonds. The molecule has 0 aliphatic heterocycles. The van der Waals surface area contributed by atoms with Gasteiger partial charge in [0.05, 0.1) is 16.8 Å². The number of nitrogens with one attached hydrogen (secondary N) is 1. The molecular weight excluding hydrogens is 292 g/mol. The monoisotopic (exact) mass is 309 g/mol. The molecule has 2 rings (SSSR count). The predicted octanol–water partition coefficient (Wildman–Crippen LogP) is 5.96. The number of anilines is 1. The second-order valence-corrected chi connectivity index (χ2v) is 5.42. The highest BCUT2D eigenvalue weighted by molar-refractivity contribution is 6.33. The Morgan fingerprint density at radius 2 is 1.71 bits per heavy atom. The van der Waals surface area contributed by atoms with Crippen molar-refractivity contribution in [2.24, 2.45) is 0 Å². The summed E-state index contributed by atoms with van der Waals surface area (Å²) >= 11 is 6.10. The molecule has 1 unspecified atom stereocenters. The van der Waals surface area contributed by atoms with Crippen molar-refractivity contribution in [1.29, 1.82) is 0 Å². The van der Waals surface area contributed by atoms with Gasteiger partial charge in [-0.3, -0.25) is 0 Å². The lowest BCUT2D eigenvalue weighted by Crippen LogP contribution is -2.11. The first-order chi connectivity index (χ1) is 10.1. The average Bonchev–Trinajstić information content (AvgIpc) is 2.48. The molecule has 0 saturated heterocycles. The van der Waals surface area contributed by atoms with E-state index < -0.39 is 0 Å². The highest BCUT2D eigenvalue weighted by Crippen LogP contribution is 2.29. The minimum Gasteiger partial charge on any atom is -0.377 e. The van der Waals surface area contributed by atoms with Crippen LogP contribution < -0.4 is 5.32 Å². The predicted molar refractivity (Wildman–Crippen MR) is 83.7 cm³/mol. The van der Waals surface area contributed by atoms with E-state index in [0.29, 0.717) is 10.7 Å². The Kier molecular flexibility index (Phi) is 5.57. The number of hydrogen-bond acceptors (Lipinski definition) is 1. The summed E-state index contributed by atoms with van der Waals surface area (Å²) in [7, 11) is 0. The Morgan fingerprint density at radius 1 is 1.05 bits per heavy atom. The van der Waals surface area contributed by atoms with Crippen molar-refractivity contribution < 1.29 is 8.78 Å². The molecule has 0 radical (unpaired) electrons. The Morgan fingerprint density at radius 3 is 2.38 bits per heavy atom. The number of hydrogen-bond donors (Lipinski definition) is 1. The summed E-state index contributed by atoms with van der Waals surface area (Å²) in [5.41, 5.74) is 1.52. The molecule has 0 aliphatic rings. The lowest BCUT2D eigenvalue weighted by atomic mass is 10.0. The van der Waals surface area contributed by atoms with Crippen LogP contribution in [0.15, 0.2) is 42.5 Å². The Hall–Kier alpha value is -1.61. The second kappa shape index (κ2) is 7.41. The zero-order valence-electron chi connectivity index (χ0n) is 11.9. The van der Waals surface area contributed by atoms with Crippen LogP contribution in [-0.2, 0) is 0 Å². The van der Waals surface area contributed by atoms with Crippen LogP contribution in [0.25, 0.3) is 0 Å². The van der Waals surface area contributed by atoms with Crippen molar-refractivity contribution in [3.63, 3.8) is 0 Å². The van der Waals surface area contributed by atoms with Crippen LogP contribution in [0.3, 0.4) is 0 Å². The lowest BCUT2D eigenvalue weighted by molar-refractivity contribution is 0.614. The Bertz CT molecular complexity index is 584. The van der Waals surface area contributed by atoms with E-state index in [1.807, 2.05) is 0 Å². The Balaban J connectivity index is 2.23. The summed E-state index contributed by atoms with van der Waals surface area (Å²) < 4.78 is 26.4. The van der Waals surface area contributed by atoms with E-state index >= 15 is 0 Å². The van der Waals surface area contributed by atoms with Crippen molar-refractivity contribution in [3.8, 4) is 0 Å². The number of rotatable bonds is 6. The summed E-state index contributed by atoms with van der Waals surface area (Å²) in [6.45, 7) is 2.11. The topological polar surface area (TPSA) is 12.0 Å². The van der Waals surface area contributed by atoms with Gasteiger partial charge in [0.25, 0.3) is 0 Å². The fraction of sp³-hybridized carbons (Fsp3) is 0.294. The van der Waals surface area contributed by atoms with Crippen LogP contribution in [0, 0.1) is 11.6 Å². The van der Waals surface area contributed by atoms with Gasteiger partial charge in [0.1, 0.15) is 11.6 Å². The number of halogens is 3. The molecule has 0 aromatic heterocycles. The number of unbranched alkanes of at least 4 members (excludes halogenated alkanes) is 1. The van der Waals surface area contributed by atoms with Crippen molar-refractivity contribution in [2.45, 2.75) is 32.2 Å². The summed E-state index contributed by atoms with van der Waals surface area (Å²) in [4.78, 5) is 0. The maximum absolute atomic E-state index is 13.4. The standard InChI is InChI=1S/C17H18ClF2N/c1-2-3-4-16(12-5-7-13(19)8-6-12)21-17-11-14(20)9-10-15(17)18/h5-11,16,21H,2-4H2,1H3. The van der Waals surface area contributed by atoms with Crippen LogP contribution in [-0.4, -0.2) is 0 Å². The van der Waals surface area contributed by atoms with Crippen LogP contribution in [0.1, 0.15) is 37.8 Å². The second-order valence-electron chi connectivity index (χ2n) is 5.01. The van der Waals surface area contributed by atoms with Crippen molar-refractivity contribution in [3.05, 3.63) is 64.7 Å². The molecule has 0 spiro atoms. The van der Waals surface area contributed by atoms with Crippen molar-refractivity contribution >= 4 is 17.3 Å². The van der Waals surface area contributed by atoms with Crippen LogP contribution in [0.5, 0.6) is 0 Å². The van der Waals surface area contributed by atoms with Gasteiger partial charge >= 0.3 is 0 Å². The molecule has 21 heavy (non-hydrogen) atoms. The van der Waals surface area contributed by atoms with Gasteiger partial charge in [0.15, 0.2) is 0 Å². The third-order valence-corrected chi connectivity index (χ3v) is 3.71. The minimum absolute atomic E-state index is 0.0233. The molecule has 0 fully saturated rings. The molecule has 0 aliphatic carbocycles. The Labute approximate surface area is 128 Å². The van der Waals surface area contributed by atoms with E-state index in [-0.39, 0.29) is 17.7 Å². The van der Waals surface area contributed by atoms with Gasteiger partial charge in [-0.1, -0.05) is 43.5 Å². The normalized spacial score (nSPS) is 12.2. The van der Waals surface area contributed by atoms with Gasteiger partial charge in [-0.25, -0.2) is 8.78 Å². The third-order valence-electron chi connectivity index (χ3n) is 3.38. The maximum atomic E-state index is 13.4. The van der Waals surface area contributed by atoms with Gasteiger partial charge < -0.3 is 5.32 Å². The molecule has 1 N–H and O–H groups in total. The van der Waals surface area contributed by atoms with Crippen LogP contribution in [0.2, 0.25) is 5.02 Å². The van der Waals surface area contributed by atoms with E-state index in [2.05, 4.69) is 12.2 Å². The summed E-state index contributed by atoms with van der Waals surface area (Å²) in [6.07, 6.45) is 2.94. The molecule has 0 saturated carbocycles. The summed E-state index contributed by atoms with van der Waals surface area (Å²) in [5.74, 6) is -0.605. The quantitative estimate of drug-likeness (QED) is 0.694. The third kappa shape index (κ3) is 4.43. The first-order valence-electron chi connectivity index (χ1n) is 7.07. The van der Waals surface area contributed by atoms with Crippen LogP contribution >= 0.6 is 11.6 Å². The zero-order chi connectivity index (χ0) is 15.2. The lowest BCUT2D eigenvalue weighted by Gasteiger charge is -2.21. The van der Waals surface area contributed by atoms with E-state index in [4.69, 9.17) is 11.6 Å². The fourth-order valence-electron chi connectivity index (χ4n) is 2.22. The largest absolute Gasteiger partial charge is 0.377 e. The van der Waals surface area contributed by atoms with E-state index in [1.165, 1.54) is 30.3 Å². The van der Waals surface area contributed by atoms with Gasteiger partial charge in [0.2, 0.25) is 0 Å². The fourth-order valence-corrected chi connectivity index (χ4v) is 2.39. The first-order valence-corrected chi connectivity index (χ1v) is 7.45. The molecule has 1 atom stereocenters. The molecule has 1 nitrogen and oxygen atoms in total. The summed E-state index contributed by atoms with van der Waals surface area (Å²) in [6, 6.07) is 10.6. The van der Waals surface area contributed by atoms with E-state index in [1.54, 1.807) is 12.1 Å². The van der Waals surface area contributed by atoms with Gasteiger partial charge in [-0.2, -0.15) is 0 Å². The minimum atomic E-state index is -0.338. The highest BCUT2D eigenvalue weighted by Gasteiger charge is 2.13. The average molecular weight is 310 g/mol. The molecule has 2 aromatic carbocycles. The molecule has 4 heteroatoms. The summed E-state index contributed by atoms with van der Waals surface area (Å²) in [5, 5.41) is 3.74. The van der Waals surface area contributed by atoms with Crippen molar-refractivity contribution in [1.82, 2.24) is 0 Å². The first kappa shape index (κ1) is 15.8.